The van der Waals surface area contributed by atoms with Gasteiger partial charge in [-0.25, -0.2) is 0 Å². The molecule has 1 aliphatic rings. The molecule has 0 spiro atoms. The first-order chi connectivity index (χ1) is 15.3. The molecule has 10 heteroatoms. The van der Waals surface area contributed by atoms with E-state index >= 15 is 0 Å². The minimum Gasteiger partial charge on any atom is -0.493 e. The molecule has 4 amide bonds. The van der Waals surface area contributed by atoms with Gasteiger partial charge in [-0.3, -0.25) is 24.1 Å². The minimum atomic E-state index is -0.775. The van der Waals surface area contributed by atoms with Crippen molar-refractivity contribution in [1.82, 2.24) is 4.90 Å². The quantitative estimate of drug-likeness (QED) is 0.586. The molecule has 1 aliphatic heterocycles. The van der Waals surface area contributed by atoms with E-state index in [2.05, 4.69) is 5.32 Å². The van der Waals surface area contributed by atoms with Crippen LogP contribution in [0.15, 0.2) is 47.4 Å². The van der Waals surface area contributed by atoms with Gasteiger partial charge in [0.2, 0.25) is 5.91 Å². The van der Waals surface area contributed by atoms with Crippen molar-refractivity contribution in [2.75, 3.05) is 25.6 Å². The smallest absolute Gasteiger partial charge is 0.294 e. The van der Waals surface area contributed by atoms with E-state index < -0.39 is 23.6 Å². The van der Waals surface area contributed by atoms with Gasteiger partial charge < -0.3 is 20.5 Å². The Bertz CT molecular complexity index is 1100. The molecule has 2 aromatic rings. The van der Waals surface area contributed by atoms with Gasteiger partial charge in [0.05, 0.1) is 12.0 Å². The number of anilines is 1. The second kappa shape index (κ2) is 10.0. The number of ether oxygens (including phenoxy) is 2. The molecule has 2 aromatic carbocycles. The average Bonchev–Trinajstić information content (AvgIpc) is 3.01. The molecule has 1 saturated heterocycles. The normalized spacial score (nSPS) is 14.6. The number of amides is 4. The van der Waals surface area contributed by atoms with Crippen molar-refractivity contribution in [1.29, 1.82) is 0 Å². The van der Waals surface area contributed by atoms with Crippen LogP contribution < -0.4 is 20.5 Å². The first-order valence-electron chi connectivity index (χ1n) is 9.48. The monoisotopic (exact) mass is 455 g/mol. The molecule has 32 heavy (non-hydrogen) atoms. The van der Waals surface area contributed by atoms with Crippen molar-refractivity contribution >= 4 is 46.5 Å². The predicted molar refractivity (Wildman–Crippen MR) is 120 cm³/mol. The molecule has 1 fully saturated rings. The molecule has 0 saturated carbocycles. The number of carbonyl (C=O) groups excluding carboxylic acids is 4. The van der Waals surface area contributed by atoms with Crippen LogP contribution in [0.2, 0.25) is 0 Å². The van der Waals surface area contributed by atoms with Gasteiger partial charge in [-0.1, -0.05) is 23.8 Å². The van der Waals surface area contributed by atoms with Gasteiger partial charge in [0, 0.05) is 5.69 Å². The van der Waals surface area contributed by atoms with E-state index in [9.17, 15) is 19.2 Å². The molecular formula is C22H21N3O6S. The number of methoxy groups -OCH3 is 1. The Morgan fingerprint density at radius 2 is 1.84 bits per heavy atom. The average molecular weight is 455 g/mol. The number of benzene rings is 2. The first kappa shape index (κ1) is 22.9. The van der Waals surface area contributed by atoms with Gasteiger partial charge in [-0.2, -0.15) is 0 Å². The molecule has 1 heterocycles. The Kier molecular flexibility index (Phi) is 7.16. The van der Waals surface area contributed by atoms with Crippen LogP contribution >= 0.6 is 11.8 Å². The maximum Gasteiger partial charge on any atom is 0.294 e. The van der Waals surface area contributed by atoms with Crippen molar-refractivity contribution in [3.05, 3.63) is 58.5 Å². The van der Waals surface area contributed by atoms with Gasteiger partial charge in [0.1, 0.15) is 6.54 Å². The maximum atomic E-state index is 12.3. The molecular weight excluding hydrogens is 434 g/mol. The van der Waals surface area contributed by atoms with Crippen LogP contribution in [0, 0.1) is 6.92 Å². The molecule has 9 nitrogen and oxygen atoms in total. The molecule has 0 aromatic heterocycles. The summed E-state index contributed by atoms with van der Waals surface area (Å²) in [5.41, 5.74) is 7.40. The van der Waals surface area contributed by atoms with Crippen LogP contribution in [-0.4, -0.2) is 48.1 Å². The SMILES string of the molecule is COc1cc(/C=C2\SC(=O)N(CC(N)=O)C2=O)ccc1OCC(=O)Nc1ccc(C)cc1. The summed E-state index contributed by atoms with van der Waals surface area (Å²) in [5.74, 6) is -1.01. The number of hydrogen-bond acceptors (Lipinski definition) is 7. The molecule has 0 radical (unpaired) electrons. The topological polar surface area (TPSA) is 128 Å². The number of hydrogen-bond donors (Lipinski definition) is 2. The molecule has 0 unspecified atom stereocenters. The van der Waals surface area contributed by atoms with Crippen LogP contribution in [0.1, 0.15) is 11.1 Å². The van der Waals surface area contributed by atoms with Crippen molar-refractivity contribution < 1.29 is 28.7 Å². The zero-order valence-electron chi connectivity index (χ0n) is 17.4. The van der Waals surface area contributed by atoms with Gasteiger partial charge in [-0.05, 0) is 54.6 Å². The third kappa shape index (κ3) is 5.67. The van der Waals surface area contributed by atoms with E-state index in [0.717, 1.165) is 22.2 Å². The van der Waals surface area contributed by atoms with Crippen LogP contribution in [0.25, 0.3) is 6.08 Å². The second-order valence-electron chi connectivity index (χ2n) is 6.85. The lowest BCUT2D eigenvalue weighted by molar-refractivity contribution is -0.127. The Labute approximate surface area is 188 Å². The van der Waals surface area contributed by atoms with E-state index in [1.165, 1.54) is 13.2 Å². The summed E-state index contributed by atoms with van der Waals surface area (Å²) in [4.78, 5) is 48.4. The van der Waals surface area contributed by atoms with Crippen LogP contribution in [0.3, 0.4) is 0 Å². The minimum absolute atomic E-state index is 0.157. The summed E-state index contributed by atoms with van der Waals surface area (Å²) in [5, 5.41) is 2.18. The molecule has 3 N–H and O–H groups in total. The Morgan fingerprint density at radius 1 is 1.12 bits per heavy atom. The highest BCUT2D eigenvalue weighted by Crippen LogP contribution is 2.34. The zero-order valence-corrected chi connectivity index (χ0v) is 18.2. The number of nitrogens with two attached hydrogens (primary N) is 1. The van der Waals surface area contributed by atoms with Crippen LogP contribution in [0.4, 0.5) is 10.5 Å². The van der Waals surface area contributed by atoms with Crippen LogP contribution in [-0.2, 0) is 14.4 Å². The highest BCUT2D eigenvalue weighted by atomic mass is 32.2. The van der Waals surface area contributed by atoms with E-state index in [-0.39, 0.29) is 17.4 Å². The highest BCUT2D eigenvalue weighted by molar-refractivity contribution is 8.18. The first-order valence-corrected chi connectivity index (χ1v) is 10.3. The van der Waals surface area contributed by atoms with E-state index in [0.29, 0.717) is 22.7 Å². The van der Waals surface area contributed by atoms with Gasteiger partial charge in [0.15, 0.2) is 18.1 Å². The standard InChI is InChI=1S/C22H21N3O6S/c1-13-3-6-15(7-4-13)24-20(27)12-31-16-8-5-14(9-17(16)30-2)10-18-21(28)25(11-19(23)26)22(29)32-18/h3-10H,11-12H2,1-2H3,(H2,23,26)(H,24,27)/b18-10-. The third-order valence-corrected chi connectivity index (χ3v) is 5.27. The summed E-state index contributed by atoms with van der Waals surface area (Å²) in [6.07, 6.45) is 1.50. The molecule has 3 rings (SSSR count). The van der Waals surface area contributed by atoms with Gasteiger partial charge >= 0.3 is 0 Å². The summed E-state index contributed by atoms with van der Waals surface area (Å²) in [7, 11) is 1.44. The van der Waals surface area contributed by atoms with Gasteiger partial charge in [0.25, 0.3) is 17.1 Å². The maximum absolute atomic E-state index is 12.3. The van der Waals surface area contributed by atoms with Crippen molar-refractivity contribution in [3.8, 4) is 11.5 Å². The van der Waals surface area contributed by atoms with E-state index in [4.69, 9.17) is 15.2 Å². The van der Waals surface area contributed by atoms with E-state index in [1.54, 1.807) is 30.3 Å². The Morgan fingerprint density at radius 3 is 2.50 bits per heavy atom. The number of thioether (sulfide) groups is 1. The number of aryl methyl sites for hydroxylation is 1. The third-order valence-electron chi connectivity index (χ3n) is 4.37. The Hall–Kier alpha value is -3.79. The lowest BCUT2D eigenvalue weighted by Gasteiger charge is -2.12. The van der Waals surface area contributed by atoms with Crippen molar-refractivity contribution in [2.24, 2.45) is 5.73 Å². The highest BCUT2D eigenvalue weighted by Gasteiger charge is 2.35. The molecule has 0 aliphatic carbocycles. The van der Waals surface area contributed by atoms with E-state index in [1.807, 2.05) is 19.1 Å². The van der Waals surface area contributed by atoms with Gasteiger partial charge in [-0.15, -0.1) is 0 Å². The number of imide groups is 1. The number of rotatable bonds is 8. The Balaban J connectivity index is 1.67. The summed E-state index contributed by atoms with van der Waals surface area (Å²) < 4.78 is 10.9. The fourth-order valence-corrected chi connectivity index (χ4v) is 3.65. The van der Waals surface area contributed by atoms with Crippen molar-refractivity contribution in [2.45, 2.75) is 6.92 Å². The summed E-state index contributed by atoms with van der Waals surface area (Å²) >= 11 is 0.718. The second-order valence-corrected chi connectivity index (χ2v) is 7.84. The molecule has 0 atom stereocenters. The number of nitrogens with one attached hydrogen (secondary N) is 1. The van der Waals surface area contributed by atoms with Crippen LogP contribution in [0.5, 0.6) is 11.5 Å². The predicted octanol–water partition coefficient (Wildman–Crippen LogP) is 2.54. The lowest BCUT2D eigenvalue weighted by atomic mass is 10.2. The van der Waals surface area contributed by atoms with Crippen molar-refractivity contribution in [3.63, 3.8) is 0 Å². The fraction of sp³-hybridized carbons (Fsp3) is 0.182. The largest absolute Gasteiger partial charge is 0.493 e. The number of carbonyl (C=O) groups is 4. The molecule has 0 bridgehead atoms. The lowest BCUT2D eigenvalue weighted by Crippen LogP contribution is -2.36. The zero-order chi connectivity index (χ0) is 23.3. The fourth-order valence-electron chi connectivity index (χ4n) is 2.81. The summed E-state index contributed by atoms with van der Waals surface area (Å²) in [6, 6.07) is 12.2. The summed E-state index contributed by atoms with van der Waals surface area (Å²) in [6.45, 7) is 1.26. The number of primary amides is 1. The molecule has 166 valence electrons. The number of nitrogens with zero attached hydrogens (tertiary/aromatic N) is 1.